The highest BCUT2D eigenvalue weighted by molar-refractivity contribution is 6.02. The monoisotopic (exact) mass is 405 g/mol. The van der Waals surface area contributed by atoms with E-state index in [0.717, 1.165) is 42.3 Å². The van der Waals surface area contributed by atoms with Gasteiger partial charge in [0.15, 0.2) is 11.9 Å². The maximum absolute atomic E-state index is 12.2. The lowest BCUT2D eigenvalue weighted by Gasteiger charge is -2.63. The Morgan fingerprint density at radius 1 is 1.27 bits per heavy atom. The molecular formula is C24H27N3O3. The molecule has 0 aromatic heterocycles. The zero-order valence-corrected chi connectivity index (χ0v) is 17.3. The van der Waals surface area contributed by atoms with Crippen LogP contribution in [0.5, 0.6) is 0 Å². The Kier molecular flexibility index (Phi) is 3.78. The fourth-order valence-corrected chi connectivity index (χ4v) is 6.63. The largest absolute Gasteiger partial charge is 0.493 e. The minimum atomic E-state index is -0.955. The fraction of sp³-hybridized carbons (Fsp3) is 0.458. The number of rotatable bonds is 3. The van der Waals surface area contributed by atoms with Crippen LogP contribution in [-0.4, -0.2) is 54.2 Å². The normalized spacial score (nSPS) is 42.2. The molecule has 2 heterocycles. The van der Waals surface area contributed by atoms with Crippen molar-refractivity contribution in [2.45, 2.75) is 30.6 Å². The molecule has 0 amide bonds. The Morgan fingerprint density at radius 2 is 2.10 bits per heavy atom. The molecule has 2 N–H and O–H groups in total. The van der Waals surface area contributed by atoms with Gasteiger partial charge in [-0.3, -0.25) is 5.43 Å². The number of allylic oxidation sites excluding steroid dienone is 3. The number of hydrogen-bond acceptors (Lipinski definition) is 6. The Hall–Kier alpha value is -2.57. The van der Waals surface area contributed by atoms with Crippen molar-refractivity contribution >= 4 is 11.4 Å². The number of nitrogens with one attached hydrogen (secondary N) is 1. The van der Waals surface area contributed by atoms with Crippen molar-refractivity contribution in [1.82, 2.24) is 4.90 Å². The standard InChI is InChI=1S/C24H27N3O3/c1-27-13-12-23-20-15-8-9-18(29-2)21(20)30-22(23)17(10-11-24(23,28)19(27)14-15)26-25-16-6-4-3-5-7-16/h3-11,15,19-20,22,25,28H,12-14H2,1-2H3/t15?,19-,20?,22+,23+,24?/m1/s1. The topological polar surface area (TPSA) is 66.3 Å². The summed E-state index contributed by atoms with van der Waals surface area (Å²) in [6, 6.07) is 9.97. The van der Waals surface area contributed by atoms with Crippen LogP contribution in [0.25, 0.3) is 0 Å². The minimum Gasteiger partial charge on any atom is -0.493 e. The van der Waals surface area contributed by atoms with Gasteiger partial charge in [0.25, 0.3) is 0 Å². The number of anilines is 1. The van der Waals surface area contributed by atoms with Gasteiger partial charge in [-0.1, -0.05) is 24.3 Å². The summed E-state index contributed by atoms with van der Waals surface area (Å²) < 4.78 is 12.3. The van der Waals surface area contributed by atoms with Crippen LogP contribution in [0.4, 0.5) is 5.69 Å². The second-order valence-electron chi connectivity index (χ2n) is 9.13. The molecule has 6 heteroatoms. The molecule has 2 bridgehead atoms. The van der Waals surface area contributed by atoms with E-state index in [9.17, 15) is 5.11 Å². The number of likely N-dealkylation sites (tertiary alicyclic amines) is 1. The summed E-state index contributed by atoms with van der Waals surface area (Å²) in [6.45, 7) is 0.933. The lowest BCUT2D eigenvalue weighted by atomic mass is 9.45. The quantitative estimate of drug-likeness (QED) is 0.757. The van der Waals surface area contributed by atoms with E-state index in [4.69, 9.17) is 14.6 Å². The highest BCUT2D eigenvalue weighted by Crippen LogP contribution is 2.68. The van der Waals surface area contributed by atoms with Gasteiger partial charge in [0.2, 0.25) is 0 Å². The van der Waals surface area contributed by atoms with Gasteiger partial charge in [-0.25, -0.2) is 0 Å². The maximum atomic E-state index is 12.2. The second-order valence-corrected chi connectivity index (χ2v) is 9.13. The first-order valence-corrected chi connectivity index (χ1v) is 10.7. The molecule has 3 unspecified atom stereocenters. The van der Waals surface area contributed by atoms with Crippen molar-refractivity contribution < 1.29 is 14.6 Å². The van der Waals surface area contributed by atoms with Crippen molar-refractivity contribution in [2.24, 2.45) is 22.4 Å². The molecule has 1 saturated carbocycles. The number of aliphatic hydroxyl groups is 1. The third-order valence-electron chi connectivity index (χ3n) is 7.96. The number of benzene rings is 1. The van der Waals surface area contributed by atoms with Crippen molar-refractivity contribution in [1.29, 1.82) is 0 Å². The van der Waals surface area contributed by atoms with Crippen LogP contribution in [0.15, 0.2) is 71.3 Å². The zero-order chi connectivity index (χ0) is 20.5. The number of nitrogens with zero attached hydrogens (tertiary/aromatic N) is 2. The lowest BCUT2D eigenvalue weighted by Crippen LogP contribution is -2.74. The number of methoxy groups -OCH3 is 1. The van der Waals surface area contributed by atoms with Gasteiger partial charge in [0.05, 0.1) is 18.2 Å². The highest BCUT2D eigenvalue weighted by Gasteiger charge is 2.75. The first-order chi connectivity index (χ1) is 14.6. The molecule has 6 nitrogen and oxygen atoms in total. The summed E-state index contributed by atoms with van der Waals surface area (Å²) >= 11 is 0. The number of hydrogen-bond donors (Lipinski definition) is 2. The summed E-state index contributed by atoms with van der Waals surface area (Å²) in [5.41, 5.74) is 3.52. The molecule has 6 atom stereocenters. The van der Waals surface area contributed by atoms with E-state index >= 15 is 0 Å². The molecule has 5 aliphatic rings. The first kappa shape index (κ1) is 18.2. The van der Waals surface area contributed by atoms with Crippen molar-refractivity contribution in [3.05, 3.63) is 66.2 Å². The van der Waals surface area contributed by atoms with E-state index in [1.54, 1.807) is 7.11 Å². The average Bonchev–Trinajstić information content (AvgIpc) is 3.12. The van der Waals surface area contributed by atoms with Gasteiger partial charge in [0.1, 0.15) is 17.1 Å². The number of likely N-dealkylation sites (N-methyl/N-ethyl adjacent to an activating group) is 1. The Bertz CT molecular complexity index is 1000. The van der Waals surface area contributed by atoms with E-state index < -0.39 is 11.0 Å². The molecule has 1 spiro atoms. The third-order valence-corrected chi connectivity index (χ3v) is 7.96. The average molecular weight is 405 g/mol. The smallest absolute Gasteiger partial charge is 0.156 e. The van der Waals surface area contributed by atoms with Gasteiger partial charge < -0.3 is 19.5 Å². The van der Waals surface area contributed by atoms with Crippen LogP contribution in [-0.2, 0) is 9.47 Å². The van der Waals surface area contributed by atoms with Gasteiger partial charge in [0, 0.05) is 12.0 Å². The maximum Gasteiger partial charge on any atom is 0.156 e. The molecule has 0 radical (unpaired) electrons. The van der Waals surface area contributed by atoms with Gasteiger partial charge >= 0.3 is 0 Å². The minimum absolute atomic E-state index is 0.0616. The van der Waals surface area contributed by atoms with E-state index in [1.165, 1.54) is 0 Å². The van der Waals surface area contributed by atoms with Crippen molar-refractivity contribution in [3.63, 3.8) is 0 Å². The van der Waals surface area contributed by atoms with Gasteiger partial charge in [-0.05, 0) is 62.7 Å². The molecule has 2 saturated heterocycles. The molecular weight excluding hydrogens is 378 g/mol. The molecule has 1 aromatic carbocycles. The van der Waals surface area contributed by atoms with Crippen LogP contribution in [0.2, 0.25) is 0 Å². The first-order valence-electron chi connectivity index (χ1n) is 10.7. The van der Waals surface area contributed by atoms with Crippen molar-refractivity contribution in [2.75, 3.05) is 26.1 Å². The van der Waals surface area contributed by atoms with E-state index in [0.29, 0.717) is 5.92 Å². The van der Waals surface area contributed by atoms with Crippen LogP contribution in [0.1, 0.15) is 12.8 Å². The Labute approximate surface area is 176 Å². The molecule has 156 valence electrons. The van der Waals surface area contributed by atoms with E-state index in [1.807, 2.05) is 48.6 Å². The molecule has 3 aliphatic carbocycles. The molecule has 3 fully saturated rings. The van der Waals surface area contributed by atoms with Crippen LogP contribution in [0.3, 0.4) is 0 Å². The second kappa shape index (κ2) is 6.22. The number of para-hydroxylation sites is 1. The Balaban J connectivity index is 1.50. The zero-order valence-electron chi connectivity index (χ0n) is 17.3. The predicted molar refractivity (Wildman–Crippen MR) is 115 cm³/mol. The van der Waals surface area contributed by atoms with E-state index in [2.05, 4.69) is 23.4 Å². The third kappa shape index (κ3) is 2.13. The van der Waals surface area contributed by atoms with Gasteiger partial charge in [-0.2, -0.15) is 5.10 Å². The van der Waals surface area contributed by atoms with Crippen molar-refractivity contribution in [3.8, 4) is 0 Å². The summed E-state index contributed by atoms with van der Waals surface area (Å²) in [7, 11) is 3.81. The summed E-state index contributed by atoms with van der Waals surface area (Å²) in [5, 5.41) is 16.9. The SMILES string of the molecule is COC1=C2O[C@H]3C(=NNc4ccccc4)C=CC4(O)[C@H]5CC(C=C1)C2[C@@]34CCN5C. The lowest BCUT2D eigenvalue weighted by molar-refractivity contribution is -0.194. The summed E-state index contributed by atoms with van der Waals surface area (Å²) in [5.74, 6) is 2.08. The molecule has 6 rings (SSSR count). The summed E-state index contributed by atoms with van der Waals surface area (Å²) in [6.07, 6.45) is 9.68. The highest BCUT2D eigenvalue weighted by atomic mass is 16.5. The van der Waals surface area contributed by atoms with E-state index in [-0.39, 0.29) is 18.1 Å². The fourth-order valence-electron chi connectivity index (χ4n) is 6.63. The molecule has 1 aromatic rings. The van der Waals surface area contributed by atoms with Gasteiger partial charge in [-0.15, -0.1) is 0 Å². The molecule has 30 heavy (non-hydrogen) atoms. The number of ether oxygens (including phenoxy) is 2. The number of piperidine rings is 1. The number of hydrazone groups is 1. The Morgan fingerprint density at radius 3 is 2.90 bits per heavy atom. The molecule has 2 aliphatic heterocycles. The predicted octanol–water partition coefficient (Wildman–Crippen LogP) is 2.91. The van der Waals surface area contributed by atoms with Crippen LogP contribution in [0, 0.1) is 17.3 Å². The summed E-state index contributed by atoms with van der Waals surface area (Å²) in [4.78, 5) is 2.31. The van der Waals surface area contributed by atoms with Crippen LogP contribution < -0.4 is 5.43 Å². The van der Waals surface area contributed by atoms with Crippen LogP contribution >= 0.6 is 0 Å².